The number of halogens is 1. The van der Waals surface area contributed by atoms with Crippen LogP contribution in [0.25, 0.3) is 0 Å². The van der Waals surface area contributed by atoms with Crippen molar-refractivity contribution < 1.29 is 23.5 Å². The Labute approximate surface area is 229 Å². The summed E-state index contributed by atoms with van der Waals surface area (Å²) in [6, 6.07) is 10.7. The van der Waals surface area contributed by atoms with E-state index in [4.69, 9.17) is 4.74 Å². The minimum atomic E-state index is -0.627. The molecule has 0 spiro atoms. The number of hydrogen-bond acceptors (Lipinski definition) is 5. The Morgan fingerprint density at radius 2 is 1.77 bits per heavy atom. The van der Waals surface area contributed by atoms with E-state index in [0.29, 0.717) is 56.1 Å². The zero-order chi connectivity index (χ0) is 28.1. The molecule has 0 bridgehead atoms. The average Bonchev–Trinajstić information content (AvgIpc) is 3.15. The number of carbonyl (C=O) groups excluding carboxylic acids is 3. The molecule has 1 N–H and O–H groups in total. The van der Waals surface area contributed by atoms with Crippen molar-refractivity contribution in [3.8, 4) is 0 Å². The first-order valence-corrected chi connectivity index (χ1v) is 13.6. The predicted octanol–water partition coefficient (Wildman–Crippen LogP) is 4.19. The second kappa shape index (κ2) is 12.4. The number of nitrogens with zero attached hydrogens (tertiary/aromatic N) is 3. The zero-order valence-corrected chi connectivity index (χ0v) is 23.1. The minimum Gasteiger partial charge on any atom is -0.463 e. The molecule has 3 amide bonds. The molecule has 8 nitrogen and oxygen atoms in total. The van der Waals surface area contributed by atoms with Crippen molar-refractivity contribution in [3.63, 3.8) is 0 Å². The van der Waals surface area contributed by atoms with E-state index in [-0.39, 0.29) is 24.4 Å². The summed E-state index contributed by atoms with van der Waals surface area (Å²) >= 11 is 0. The number of urea groups is 1. The molecule has 0 radical (unpaired) electrons. The lowest BCUT2D eigenvalue weighted by atomic mass is 9.90. The van der Waals surface area contributed by atoms with Crippen molar-refractivity contribution in [1.82, 2.24) is 20.0 Å². The summed E-state index contributed by atoms with van der Waals surface area (Å²) in [5.41, 5.74) is 4.40. The molecule has 1 saturated heterocycles. The van der Waals surface area contributed by atoms with Crippen LogP contribution in [0.15, 0.2) is 53.7 Å². The van der Waals surface area contributed by atoms with E-state index in [1.54, 1.807) is 16.7 Å². The molecular weight excluding hydrogens is 499 g/mol. The summed E-state index contributed by atoms with van der Waals surface area (Å²) < 4.78 is 18.8. The molecule has 0 saturated carbocycles. The summed E-state index contributed by atoms with van der Waals surface area (Å²) in [5, 5.41) is 3.05. The van der Waals surface area contributed by atoms with Gasteiger partial charge in [0, 0.05) is 50.5 Å². The van der Waals surface area contributed by atoms with Gasteiger partial charge in [-0.25, -0.2) is 14.0 Å². The molecule has 1 atom stereocenters. The van der Waals surface area contributed by atoms with Crippen LogP contribution in [-0.4, -0.2) is 78.5 Å². The van der Waals surface area contributed by atoms with Crippen LogP contribution < -0.4 is 5.32 Å². The molecule has 4 rings (SSSR count). The Balaban J connectivity index is 1.64. The van der Waals surface area contributed by atoms with Crippen LogP contribution in [0.3, 0.4) is 0 Å². The van der Waals surface area contributed by atoms with Crippen molar-refractivity contribution >= 4 is 17.9 Å². The average molecular weight is 537 g/mol. The number of rotatable bonds is 7. The van der Waals surface area contributed by atoms with Crippen LogP contribution in [-0.2, 0) is 9.53 Å². The molecule has 2 heterocycles. The molecule has 1 unspecified atom stereocenters. The third-order valence-corrected chi connectivity index (χ3v) is 7.34. The van der Waals surface area contributed by atoms with Gasteiger partial charge in [-0.15, -0.1) is 0 Å². The number of ether oxygens (including phenoxy) is 1. The molecule has 39 heavy (non-hydrogen) atoms. The van der Waals surface area contributed by atoms with Crippen molar-refractivity contribution in [1.29, 1.82) is 0 Å². The summed E-state index contributed by atoms with van der Waals surface area (Å²) in [6.07, 6.45) is 0.730. The first kappa shape index (κ1) is 28.3. The number of benzene rings is 2. The van der Waals surface area contributed by atoms with Crippen LogP contribution >= 0.6 is 0 Å². The predicted molar refractivity (Wildman–Crippen MR) is 147 cm³/mol. The van der Waals surface area contributed by atoms with Gasteiger partial charge < -0.3 is 15.0 Å². The van der Waals surface area contributed by atoms with E-state index in [9.17, 15) is 18.8 Å². The molecule has 2 aromatic rings. The second-order valence-electron chi connectivity index (χ2n) is 10.00. The number of aryl methyl sites for hydroxylation is 2. The fraction of sp³-hybridized carbons (Fsp3) is 0.433. The van der Waals surface area contributed by atoms with E-state index in [1.165, 1.54) is 24.3 Å². The third kappa shape index (κ3) is 6.30. The topological polar surface area (TPSA) is 82.2 Å². The van der Waals surface area contributed by atoms with E-state index >= 15 is 0 Å². The van der Waals surface area contributed by atoms with Gasteiger partial charge in [0.1, 0.15) is 5.82 Å². The molecule has 9 heteroatoms. The highest BCUT2D eigenvalue weighted by atomic mass is 19.1. The fourth-order valence-corrected chi connectivity index (χ4v) is 5.28. The molecule has 2 aliphatic rings. The highest BCUT2D eigenvalue weighted by Gasteiger charge is 2.39. The van der Waals surface area contributed by atoms with Crippen molar-refractivity contribution in [2.24, 2.45) is 0 Å². The first-order chi connectivity index (χ1) is 18.7. The minimum absolute atomic E-state index is 0.134. The van der Waals surface area contributed by atoms with Crippen molar-refractivity contribution in [2.75, 3.05) is 45.9 Å². The SMILES string of the molecule is CCOC(=O)C1=C(CN2CCCN(C(=O)c3ccc(F)cc3)CC2)N(CC)C(=O)NC1c1cc(C)ccc1C. The summed E-state index contributed by atoms with van der Waals surface area (Å²) in [6.45, 7) is 10.9. The van der Waals surface area contributed by atoms with Crippen LogP contribution in [0, 0.1) is 19.7 Å². The Kier molecular flexibility index (Phi) is 9.01. The maximum absolute atomic E-state index is 13.4. The van der Waals surface area contributed by atoms with Crippen LogP contribution in [0.1, 0.15) is 53.4 Å². The Morgan fingerprint density at radius 3 is 2.46 bits per heavy atom. The number of hydrogen-bond donors (Lipinski definition) is 1. The van der Waals surface area contributed by atoms with Gasteiger partial charge in [-0.3, -0.25) is 14.6 Å². The number of likely N-dealkylation sites (N-methyl/N-ethyl adjacent to an activating group) is 1. The Bertz CT molecular complexity index is 1260. The number of carbonyl (C=O) groups is 3. The third-order valence-electron chi connectivity index (χ3n) is 7.34. The van der Waals surface area contributed by atoms with Crippen molar-refractivity contribution in [3.05, 3.63) is 81.8 Å². The molecule has 208 valence electrons. The molecule has 2 aromatic carbocycles. The number of nitrogens with one attached hydrogen (secondary N) is 1. The summed E-state index contributed by atoms with van der Waals surface area (Å²) in [4.78, 5) is 45.3. The lowest BCUT2D eigenvalue weighted by Gasteiger charge is -2.38. The maximum atomic E-state index is 13.4. The highest BCUT2D eigenvalue weighted by Crippen LogP contribution is 2.34. The van der Waals surface area contributed by atoms with E-state index in [1.807, 2.05) is 39.0 Å². The first-order valence-electron chi connectivity index (χ1n) is 13.6. The Hall–Kier alpha value is -3.72. The van der Waals surface area contributed by atoms with Gasteiger partial charge in [0.2, 0.25) is 0 Å². The van der Waals surface area contributed by atoms with Gasteiger partial charge >= 0.3 is 12.0 Å². The highest BCUT2D eigenvalue weighted by molar-refractivity contribution is 5.95. The molecule has 2 aliphatic heterocycles. The molecular formula is C30H37FN4O4. The van der Waals surface area contributed by atoms with E-state index in [0.717, 1.165) is 23.1 Å². The van der Waals surface area contributed by atoms with Gasteiger partial charge in [-0.05, 0) is 69.5 Å². The maximum Gasteiger partial charge on any atom is 0.338 e. The largest absolute Gasteiger partial charge is 0.463 e. The number of esters is 1. The monoisotopic (exact) mass is 536 g/mol. The lowest BCUT2D eigenvalue weighted by molar-refractivity contribution is -0.139. The second-order valence-corrected chi connectivity index (χ2v) is 10.00. The quantitative estimate of drug-likeness (QED) is 0.537. The molecule has 0 aromatic heterocycles. The lowest BCUT2D eigenvalue weighted by Crippen LogP contribution is -2.51. The van der Waals surface area contributed by atoms with E-state index < -0.39 is 12.0 Å². The Morgan fingerprint density at radius 1 is 1.03 bits per heavy atom. The standard InChI is InChI=1S/C30H37FN4O4/c1-5-35-25(19-33-14-7-15-34(17-16-33)28(36)22-10-12-23(31)13-11-22)26(29(37)39-6-2)27(32-30(35)38)24-18-20(3)8-9-21(24)4/h8-13,18,27H,5-7,14-17,19H2,1-4H3,(H,32,38). The van der Waals surface area contributed by atoms with Crippen molar-refractivity contribution in [2.45, 2.75) is 40.2 Å². The van der Waals surface area contributed by atoms with Crippen LogP contribution in [0.2, 0.25) is 0 Å². The number of amides is 3. The molecule has 0 aliphatic carbocycles. The zero-order valence-electron chi connectivity index (χ0n) is 23.1. The normalized spacial score (nSPS) is 18.6. The van der Waals surface area contributed by atoms with Crippen LogP contribution in [0.5, 0.6) is 0 Å². The van der Waals surface area contributed by atoms with Gasteiger partial charge in [0.15, 0.2) is 0 Å². The molecule has 1 fully saturated rings. The van der Waals surface area contributed by atoms with Gasteiger partial charge in [0.05, 0.1) is 18.2 Å². The van der Waals surface area contributed by atoms with Gasteiger partial charge in [-0.1, -0.05) is 23.8 Å². The van der Waals surface area contributed by atoms with Gasteiger partial charge in [0.25, 0.3) is 5.91 Å². The summed E-state index contributed by atoms with van der Waals surface area (Å²) in [5.74, 6) is -0.958. The smallest absolute Gasteiger partial charge is 0.338 e. The van der Waals surface area contributed by atoms with E-state index in [2.05, 4.69) is 10.2 Å². The van der Waals surface area contributed by atoms with Gasteiger partial charge in [-0.2, -0.15) is 0 Å². The van der Waals surface area contributed by atoms with Crippen LogP contribution in [0.4, 0.5) is 9.18 Å². The summed E-state index contributed by atoms with van der Waals surface area (Å²) in [7, 11) is 0. The fourth-order valence-electron chi connectivity index (χ4n) is 5.28.